The Labute approximate surface area is 164 Å². The number of alkyl halides is 3. The molecule has 1 aliphatic heterocycles. The van der Waals surface area contributed by atoms with E-state index in [-0.39, 0.29) is 5.75 Å². The van der Waals surface area contributed by atoms with E-state index in [2.05, 4.69) is 24.9 Å². The van der Waals surface area contributed by atoms with Crippen LogP contribution in [0.15, 0.2) is 42.6 Å². The van der Waals surface area contributed by atoms with E-state index in [1.807, 2.05) is 12.1 Å². The van der Waals surface area contributed by atoms with Crippen LogP contribution < -0.4 is 15.0 Å². The Morgan fingerprint density at radius 1 is 1.07 bits per heavy atom. The minimum Gasteiger partial charge on any atom is -0.406 e. The fourth-order valence-electron chi connectivity index (χ4n) is 3.13. The monoisotopic (exact) mass is 408 g/mol. The van der Waals surface area contributed by atoms with E-state index in [0.717, 1.165) is 37.6 Å². The van der Waals surface area contributed by atoms with E-state index in [1.54, 1.807) is 12.3 Å². The van der Waals surface area contributed by atoms with Gasteiger partial charge in [-0.15, -0.1) is 13.2 Å². The maximum absolute atomic E-state index is 12.5. The van der Waals surface area contributed by atoms with Crippen molar-refractivity contribution in [3.8, 4) is 17.0 Å². The average Bonchev–Trinajstić information content (AvgIpc) is 2.67. The quantitative estimate of drug-likeness (QED) is 0.701. The zero-order valence-corrected chi connectivity index (χ0v) is 15.4. The third kappa shape index (κ3) is 4.13. The number of nitrogens with one attached hydrogen (secondary N) is 1. The standard InChI is InChI=1S/C19H16ClF3N4O/c20-15-10-16(12-1-4-18(25-11-12)27-7-5-24-6-8-27)26-17-9-13(2-3-14(15)17)28-19(21,22)23/h1-4,9-11,24H,5-8H2. The summed E-state index contributed by atoms with van der Waals surface area (Å²) in [7, 11) is 0. The number of ether oxygens (including phenoxy) is 1. The van der Waals surface area contributed by atoms with Gasteiger partial charge in [0.25, 0.3) is 0 Å². The molecule has 0 atom stereocenters. The largest absolute Gasteiger partial charge is 0.573 e. The molecule has 1 saturated heterocycles. The molecule has 146 valence electrons. The molecule has 2 aromatic heterocycles. The summed E-state index contributed by atoms with van der Waals surface area (Å²) in [4.78, 5) is 11.1. The van der Waals surface area contributed by atoms with Gasteiger partial charge in [-0.2, -0.15) is 0 Å². The number of hydrogen-bond donors (Lipinski definition) is 1. The third-order valence-corrected chi connectivity index (χ3v) is 4.76. The Hall–Kier alpha value is -2.58. The maximum atomic E-state index is 12.5. The van der Waals surface area contributed by atoms with Gasteiger partial charge in [-0.1, -0.05) is 11.6 Å². The van der Waals surface area contributed by atoms with Crippen molar-refractivity contribution in [2.45, 2.75) is 6.36 Å². The lowest BCUT2D eigenvalue weighted by Crippen LogP contribution is -2.43. The highest BCUT2D eigenvalue weighted by Gasteiger charge is 2.31. The molecule has 0 unspecified atom stereocenters. The van der Waals surface area contributed by atoms with Crippen molar-refractivity contribution in [1.82, 2.24) is 15.3 Å². The highest BCUT2D eigenvalue weighted by atomic mass is 35.5. The molecule has 9 heteroatoms. The normalized spacial score (nSPS) is 15.1. The molecular formula is C19H16ClF3N4O. The maximum Gasteiger partial charge on any atom is 0.573 e. The van der Waals surface area contributed by atoms with Gasteiger partial charge in [-0.05, 0) is 30.3 Å². The number of hydrogen-bond acceptors (Lipinski definition) is 5. The van der Waals surface area contributed by atoms with Crippen molar-refractivity contribution < 1.29 is 17.9 Å². The van der Waals surface area contributed by atoms with Crippen molar-refractivity contribution in [2.75, 3.05) is 31.1 Å². The van der Waals surface area contributed by atoms with Gasteiger partial charge in [0.1, 0.15) is 11.6 Å². The topological polar surface area (TPSA) is 50.3 Å². The summed E-state index contributed by atoms with van der Waals surface area (Å²) in [6, 6.07) is 9.36. The van der Waals surface area contributed by atoms with Gasteiger partial charge >= 0.3 is 6.36 Å². The van der Waals surface area contributed by atoms with Crippen molar-refractivity contribution in [1.29, 1.82) is 0 Å². The fourth-order valence-corrected chi connectivity index (χ4v) is 3.39. The van der Waals surface area contributed by atoms with Crippen LogP contribution in [-0.2, 0) is 0 Å². The van der Waals surface area contributed by atoms with Gasteiger partial charge in [0.05, 0.1) is 16.2 Å². The van der Waals surface area contributed by atoms with Gasteiger partial charge in [0.2, 0.25) is 0 Å². The highest BCUT2D eigenvalue weighted by Crippen LogP contribution is 2.32. The predicted octanol–water partition coefficient (Wildman–Crippen LogP) is 4.26. The van der Waals surface area contributed by atoms with Gasteiger partial charge in [-0.3, -0.25) is 0 Å². The summed E-state index contributed by atoms with van der Waals surface area (Å²) in [5.41, 5.74) is 1.57. The van der Waals surface area contributed by atoms with Crippen LogP contribution >= 0.6 is 11.6 Å². The Bertz CT molecular complexity index is 989. The fraction of sp³-hybridized carbons (Fsp3) is 0.263. The average molecular weight is 409 g/mol. The Morgan fingerprint density at radius 2 is 1.86 bits per heavy atom. The molecule has 0 bridgehead atoms. The molecule has 1 aliphatic rings. The van der Waals surface area contributed by atoms with Crippen LogP contribution in [0.5, 0.6) is 5.75 Å². The summed E-state index contributed by atoms with van der Waals surface area (Å²) in [5.74, 6) is 0.533. The second kappa shape index (κ2) is 7.44. The van der Waals surface area contributed by atoms with Gasteiger partial charge in [-0.25, -0.2) is 9.97 Å². The summed E-state index contributed by atoms with van der Waals surface area (Å²) in [5, 5.41) is 4.23. The van der Waals surface area contributed by atoms with Crippen molar-refractivity contribution >= 4 is 28.3 Å². The predicted molar refractivity (Wildman–Crippen MR) is 102 cm³/mol. The second-order valence-corrected chi connectivity index (χ2v) is 6.77. The molecule has 3 heterocycles. The van der Waals surface area contributed by atoms with E-state index in [0.29, 0.717) is 21.6 Å². The number of rotatable bonds is 3. The van der Waals surface area contributed by atoms with Crippen LogP contribution in [0.4, 0.5) is 19.0 Å². The van der Waals surface area contributed by atoms with Gasteiger partial charge in [0, 0.05) is 49.4 Å². The number of benzene rings is 1. The number of aromatic nitrogens is 2. The van der Waals surface area contributed by atoms with Gasteiger partial charge < -0.3 is 15.0 Å². The van der Waals surface area contributed by atoms with E-state index < -0.39 is 6.36 Å². The summed E-state index contributed by atoms with van der Waals surface area (Å²) < 4.78 is 41.4. The molecule has 0 saturated carbocycles. The van der Waals surface area contributed by atoms with Crippen LogP contribution in [0, 0.1) is 0 Å². The molecular weight excluding hydrogens is 393 g/mol. The number of anilines is 1. The van der Waals surface area contributed by atoms with Gasteiger partial charge in [0.15, 0.2) is 0 Å². The zero-order valence-electron chi connectivity index (χ0n) is 14.6. The molecule has 1 fully saturated rings. The zero-order chi connectivity index (χ0) is 19.7. The third-order valence-electron chi connectivity index (χ3n) is 4.45. The molecule has 1 aromatic carbocycles. The van der Waals surface area contributed by atoms with E-state index in [4.69, 9.17) is 11.6 Å². The summed E-state index contributed by atoms with van der Waals surface area (Å²) in [6.07, 6.45) is -3.07. The highest BCUT2D eigenvalue weighted by molar-refractivity contribution is 6.35. The second-order valence-electron chi connectivity index (χ2n) is 6.36. The summed E-state index contributed by atoms with van der Waals surface area (Å²) in [6.45, 7) is 3.59. The number of halogens is 4. The lowest BCUT2D eigenvalue weighted by Gasteiger charge is -2.28. The first-order valence-corrected chi connectivity index (χ1v) is 9.05. The molecule has 4 rings (SSSR count). The minimum absolute atomic E-state index is 0.315. The first-order valence-electron chi connectivity index (χ1n) is 8.67. The number of nitrogens with zero attached hydrogens (tertiary/aromatic N) is 3. The van der Waals surface area contributed by atoms with Crippen molar-refractivity contribution in [2.24, 2.45) is 0 Å². The van der Waals surface area contributed by atoms with Crippen LogP contribution in [0.2, 0.25) is 5.02 Å². The lowest BCUT2D eigenvalue weighted by atomic mass is 10.1. The van der Waals surface area contributed by atoms with Crippen molar-refractivity contribution in [3.05, 3.63) is 47.6 Å². The molecule has 0 amide bonds. The molecule has 5 nitrogen and oxygen atoms in total. The van der Waals surface area contributed by atoms with E-state index in [1.165, 1.54) is 18.2 Å². The first-order chi connectivity index (χ1) is 13.4. The lowest BCUT2D eigenvalue weighted by molar-refractivity contribution is -0.274. The summed E-state index contributed by atoms with van der Waals surface area (Å²) >= 11 is 6.31. The van der Waals surface area contributed by atoms with Crippen molar-refractivity contribution in [3.63, 3.8) is 0 Å². The Kier molecular flexibility index (Phi) is 4.99. The smallest absolute Gasteiger partial charge is 0.406 e. The van der Waals surface area contributed by atoms with Crippen LogP contribution in [0.1, 0.15) is 0 Å². The molecule has 1 N–H and O–H groups in total. The van der Waals surface area contributed by atoms with E-state index >= 15 is 0 Å². The Balaban J connectivity index is 1.66. The molecule has 28 heavy (non-hydrogen) atoms. The van der Waals surface area contributed by atoms with Crippen LogP contribution in [0.3, 0.4) is 0 Å². The number of fused-ring (bicyclic) bond motifs is 1. The molecule has 3 aromatic rings. The SMILES string of the molecule is FC(F)(F)Oc1ccc2c(Cl)cc(-c3ccc(N4CCNCC4)nc3)nc2c1. The minimum atomic E-state index is -4.77. The van der Waals surface area contributed by atoms with Crippen LogP contribution in [-0.4, -0.2) is 42.5 Å². The molecule has 0 spiro atoms. The number of pyridine rings is 2. The molecule has 0 radical (unpaired) electrons. The van der Waals surface area contributed by atoms with Crippen LogP contribution in [0.25, 0.3) is 22.2 Å². The first kappa shape index (κ1) is 18.8. The van der Waals surface area contributed by atoms with E-state index in [9.17, 15) is 13.2 Å². The Morgan fingerprint density at radius 3 is 2.54 bits per heavy atom. The molecule has 0 aliphatic carbocycles. The number of piperazine rings is 1.